The maximum atomic E-state index is 12.3. The summed E-state index contributed by atoms with van der Waals surface area (Å²) in [7, 11) is 1.34. The van der Waals surface area contributed by atoms with Gasteiger partial charge in [-0.05, 0) is 12.0 Å². The second-order valence-electron chi connectivity index (χ2n) is 5.27. The minimum absolute atomic E-state index is 0.0340. The lowest BCUT2D eigenvalue weighted by Gasteiger charge is -2.29. The molecule has 1 aromatic rings. The summed E-state index contributed by atoms with van der Waals surface area (Å²) in [5.74, 6) is -0.352. The average molecular weight is 287 g/mol. The van der Waals surface area contributed by atoms with Crippen LogP contribution in [-0.4, -0.2) is 36.2 Å². The number of ether oxygens (including phenoxy) is 2. The molecule has 1 heterocycles. The molecule has 0 saturated carbocycles. The first-order valence-electron chi connectivity index (χ1n) is 6.96. The summed E-state index contributed by atoms with van der Waals surface area (Å²) in [4.78, 5) is 25.7. The molecule has 0 N–H and O–H groups in total. The van der Waals surface area contributed by atoms with Crippen molar-refractivity contribution in [2.45, 2.75) is 25.1 Å². The van der Waals surface area contributed by atoms with Crippen LogP contribution >= 0.6 is 0 Å². The number of hydrogen-bond donors (Lipinski definition) is 0. The van der Waals surface area contributed by atoms with Crippen molar-refractivity contribution in [1.29, 1.82) is 0 Å². The molecule has 1 fully saturated rings. The number of amides is 1. The number of hydrogen-bond acceptors (Lipinski definition) is 4. The Labute approximate surface area is 123 Å². The Balaban J connectivity index is 1.68. The summed E-state index contributed by atoms with van der Waals surface area (Å²) in [6.45, 7) is 0.200. The predicted octanol–water partition coefficient (Wildman–Crippen LogP) is 2.13. The number of nitrogens with zero attached hydrogens (tertiary/aromatic N) is 1. The van der Waals surface area contributed by atoms with Crippen LogP contribution in [0.4, 0.5) is 4.79 Å². The highest BCUT2D eigenvalue weighted by Gasteiger charge is 2.50. The van der Waals surface area contributed by atoms with Gasteiger partial charge in [0.2, 0.25) is 0 Å². The lowest BCUT2D eigenvalue weighted by molar-refractivity contribution is -0.146. The van der Waals surface area contributed by atoms with Gasteiger partial charge < -0.3 is 9.47 Å². The number of carbonyl (C=O) groups excluding carboxylic acids is 2. The second kappa shape index (κ2) is 5.60. The Bertz CT molecular complexity index is 569. The van der Waals surface area contributed by atoms with Crippen LogP contribution < -0.4 is 0 Å². The third-order valence-electron chi connectivity index (χ3n) is 4.02. The summed E-state index contributed by atoms with van der Waals surface area (Å²) in [5, 5.41) is 0. The monoisotopic (exact) mass is 287 g/mol. The Morgan fingerprint density at radius 1 is 1.24 bits per heavy atom. The molecule has 2 aliphatic rings. The second-order valence-corrected chi connectivity index (χ2v) is 5.27. The van der Waals surface area contributed by atoms with Crippen molar-refractivity contribution in [3.63, 3.8) is 0 Å². The van der Waals surface area contributed by atoms with Gasteiger partial charge in [-0.3, -0.25) is 4.90 Å². The van der Waals surface area contributed by atoms with Gasteiger partial charge in [-0.1, -0.05) is 42.5 Å². The fourth-order valence-electron chi connectivity index (χ4n) is 3.01. The first-order chi connectivity index (χ1) is 10.2. The molecule has 0 aromatic heterocycles. The number of esters is 1. The Hall–Kier alpha value is -2.30. The van der Waals surface area contributed by atoms with Gasteiger partial charge in [0.15, 0.2) is 0 Å². The van der Waals surface area contributed by atoms with Crippen molar-refractivity contribution in [3.8, 4) is 0 Å². The quantitative estimate of drug-likeness (QED) is 0.631. The van der Waals surface area contributed by atoms with E-state index in [-0.39, 0.29) is 24.5 Å². The molecule has 21 heavy (non-hydrogen) atoms. The van der Waals surface area contributed by atoms with Crippen molar-refractivity contribution in [2.75, 3.05) is 7.11 Å². The van der Waals surface area contributed by atoms with Gasteiger partial charge in [0.25, 0.3) is 0 Å². The van der Waals surface area contributed by atoms with Gasteiger partial charge in [0.1, 0.15) is 12.6 Å². The Morgan fingerprint density at radius 3 is 2.71 bits per heavy atom. The van der Waals surface area contributed by atoms with Crippen LogP contribution in [0.5, 0.6) is 0 Å². The van der Waals surface area contributed by atoms with E-state index in [0.29, 0.717) is 0 Å². The molecule has 5 nitrogen and oxygen atoms in total. The first-order valence-corrected chi connectivity index (χ1v) is 6.96. The lowest BCUT2D eigenvalue weighted by Crippen LogP contribution is -2.48. The highest BCUT2D eigenvalue weighted by atomic mass is 16.6. The predicted molar refractivity (Wildman–Crippen MR) is 75.3 cm³/mol. The molecule has 0 unspecified atom stereocenters. The molecule has 5 heteroatoms. The van der Waals surface area contributed by atoms with Crippen molar-refractivity contribution in [2.24, 2.45) is 5.92 Å². The topological polar surface area (TPSA) is 55.8 Å². The van der Waals surface area contributed by atoms with Crippen molar-refractivity contribution in [3.05, 3.63) is 48.0 Å². The summed E-state index contributed by atoms with van der Waals surface area (Å²) in [6, 6.07) is 8.84. The van der Waals surface area contributed by atoms with Crippen LogP contribution in [0.2, 0.25) is 0 Å². The van der Waals surface area contributed by atoms with Crippen LogP contribution in [0.15, 0.2) is 42.5 Å². The zero-order valence-corrected chi connectivity index (χ0v) is 11.8. The largest absolute Gasteiger partial charge is 0.467 e. The maximum Gasteiger partial charge on any atom is 0.411 e. The molecule has 0 spiro atoms. The molecule has 1 aromatic carbocycles. The standard InChI is InChI=1S/C16H17NO4/c1-20-15(18)14-12-7-8-13(9-12)17(14)16(19)21-10-11-5-3-2-4-6-11/h2-8,12-14H,9-10H2,1H3/t12-,13-,14+/m0/s1. The van der Waals surface area contributed by atoms with E-state index in [4.69, 9.17) is 9.47 Å². The number of fused-ring (bicyclic) bond motifs is 2. The summed E-state index contributed by atoms with van der Waals surface area (Å²) in [5.41, 5.74) is 0.917. The Kier molecular flexibility index (Phi) is 3.64. The third-order valence-corrected chi connectivity index (χ3v) is 4.02. The lowest BCUT2D eigenvalue weighted by atomic mass is 10.0. The molecular formula is C16H17NO4. The molecular weight excluding hydrogens is 270 g/mol. The van der Waals surface area contributed by atoms with Crippen LogP contribution in [0.1, 0.15) is 12.0 Å². The van der Waals surface area contributed by atoms with E-state index in [1.54, 1.807) is 0 Å². The van der Waals surface area contributed by atoms with Crippen LogP contribution in [0, 0.1) is 5.92 Å². The highest BCUT2D eigenvalue weighted by molar-refractivity contribution is 5.84. The fraction of sp³-hybridized carbons (Fsp3) is 0.375. The molecule has 0 radical (unpaired) electrons. The van der Waals surface area contributed by atoms with Gasteiger partial charge in [0, 0.05) is 5.92 Å². The molecule has 3 atom stereocenters. The molecule has 2 bridgehead atoms. The van der Waals surface area contributed by atoms with E-state index in [2.05, 4.69) is 0 Å². The summed E-state index contributed by atoms with van der Waals surface area (Å²) in [6.07, 6.45) is 4.23. The van der Waals surface area contributed by atoms with E-state index in [9.17, 15) is 9.59 Å². The number of rotatable bonds is 3. The highest BCUT2D eigenvalue weighted by Crippen LogP contribution is 2.38. The molecule has 1 amide bonds. The number of likely N-dealkylation sites (tertiary alicyclic amines) is 1. The van der Waals surface area contributed by atoms with Crippen LogP contribution in [0.25, 0.3) is 0 Å². The van der Waals surface area contributed by atoms with E-state index >= 15 is 0 Å². The average Bonchev–Trinajstić information content (AvgIpc) is 3.13. The molecule has 1 aliphatic carbocycles. The van der Waals surface area contributed by atoms with Gasteiger partial charge in [-0.25, -0.2) is 9.59 Å². The van der Waals surface area contributed by atoms with Gasteiger partial charge in [0.05, 0.1) is 13.2 Å². The molecule has 1 aliphatic heterocycles. The van der Waals surface area contributed by atoms with Crippen LogP contribution in [0.3, 0.4) is 0 Å². The minimum Gasteiger partial charge on any atom is -0.467 e. The summed E-state index contributed by atoms with van der Waals surface area (Å²) >= 11 is 0. The van der Waals surface area contributed by atoms with Crippen LogP contribution in [-0.2, 0) is 20.9 Å². The van der Waals surface area contributed by atoms with E-state index < -0.39 is 12.1 Å². The first kappa shape index (κ1) is 13.7. The maximum absolute atomic E-state index is 12.3. The van der Waals surface area contributed by atoms with Gasteiger partial charge >= 0.3 is 12.1 Å². The number of carbonyl (C=O) groups is 2. The van der Waals surface area contributed by atoms with E-state index in [0.717, 1.165) is 12.0 Å². The number of benzene rings is 1. The van der Waals surface area contributed by atoms with E-state index in [1.165, 1.54) is 12.0 Å². The smallest absolute Gasteiger partial charge is 0.411 e. The molecule has 110 valence electrons. The zero-order chi connectivity index (χ0) is 14.8. The van der Waals surface area contributed by atoms with Gasteiger partial charge in [-0.15, -0.1) is 0 Å². The van der Waals surface area contributed by atoms with Crippen molar-refractivity contribution < 1.29 is 19.1 Å². The molecule has 3 rings (SSSR count). The summed E-state index contributed by atoms with van der Waals surface area (Å²) < 4.78 is 10.1. The van der Waals surface area contributed by atoms with Crippen molar-refractivity contribution >= 4 is 12.1 Å². The number of methoxy groups -OCH3 is 1. The van der Waals surface area contributed by atoms with Crippen molar-refractivity contribution in [1.82, 2.24) is 4.90 Å². The Morgan fingerprint density at radius 2 is 2.00 bits per heavy atom. The molecule has 1 saturated heterocycles. The van der Waals surface area contributed by atoms with Gasteiger partial charge in [-0.2, -0.15) is 0 Å². The van der Waals surface area contributed by atoms with E-state index in [1.807, 2.05) is 42.5 Å². The third kappa shape index (κ3) is 2.51. The minimum atomic E-state index is -0.562. The fourth-order valence-corrected chi connectivity index (χ4v) is 3.01. The SMILES string of the molecule is COC(=O)[C@H]1[C@H]2C=C[C@@H](C2)N1C(=O)OCc1ccccc1. The zero-order valence-electron chi connectivity index (χ0n) is 11.8. The normalized spacial score (nSPS) is 26.0.